The number of esters is 1. The van der Waals surface area contributed by atoms with Crippen LogP contribution in [0.4, 0.5) is 0 Å². The highest BCUT2D eigenvalue weighted by atomic mass is 35.5. The lowest BCUT2D eigenvalue weighted by Crippen LogP contribution is -2.14. The number of benzene rings is 2. The van der Waals surface area contributed by atoms with E-state index in [2.05, 4.69) is 15.5 Å². The Morgan fingerprint density at radius 1 is 1.00 bits per heavy atom. The second kappa shape index (κ2) is 7.42. The molecule has 2 aromatic carbocycles. The van der Waals surface area contributed by atoms with Gasteiger partial charge in [-0.1, -0.05) is 23.2 Å². The molecule has 0 amide bonds. The summed E-state index contributed by atoms with van der Waals surface area (Å²) >= 11 is 11.7. The summed E-state index contributed by atoms with van der Waals surface area (Å²) < 4.78 is 6.48. The zero-order valence-corrected chi connectivity index (χ0v) is 14.1. The number of carbonyl (C=O) groups is 2. The third-order valence-corrected chi connectivity index (χ3v) is 4.03. The standard InChI is InChI=1S/C16H10Cl2N4O3/c17-13-6-3-11(7-14(13)18)15(23)8-25-16(24)10-1-4-12(5-2-10)22-9-19-20-21-22/h1-7,9H,8H2. The Morgan fingerprint density at radius 3 is 2.36 bits per heavy atom. The lowest BCUT2D eigenvalue weighted by atomic mass is 10.1. The zero-order valence-electron chi connectivity index (χ0n) is 12.6. The number of hydrogen-bond acceptors (Lipinski definition) is 6. The van der Waals surface area contributed by atoms with E-state index in [1.54, 1.807) is 24.3 Å². The molecule has 0 aliphatic rings. The van der Waals surface area contributed by atoms with Crippen LogP contribution in [0.25, 0.3) is 5.69 Å². The highest BCUT2D eigenvalue weighted by Crippen LogP contribution is 2.22. The molecule has 0 saturated heterocycles. The molecule has 1 aromatic heterocycles. The highest BCUT2D eigenvalue weighted by molar-refractivity contribution is 6.42. The number of rotatable bonds is 5. The molecular weight excluding hydrogens is 367 g/mol. The summed E-state index contributed by atoms with van der Waals surface area (Å²) in [7, 11) is 0. The van der Waals surface area contributed by atoms with Crippen molar-refractivity contribution in [1.29, 1.82) is 0 Å². The minimum Gasteiger partial charge on any atom is -0.454 e. The van der Waals surface area contributed by atoms with E-state index >= 15 is 0 Å². The molecular formula is C16H10Cl2N4O3. The number of ether oxygens (including phenoxy) is 1. The molecule has 0 aliphatic heterocycles. The van der Waals surface area contributed by atoms with Crippen LogP contribution >= 0.6 is 23.2 Å². The number of halogens is 2. The van der Waals surface area contributed by atoms with Gasteiger partial charge < -0.3 is 4.74 Å². The molecule has 3 rings (SSSR count). The molecule has 0 unspecified atom stereocenters. The van der Waals surface area contributed by atoms with Gasteiger partial charge in [-0.25, -0.2) is 9.48 Å². The molecule has 1 heterocycles. The number of hydrogen-bond donors (Lipinski definition) is 0. The number of tetrazole rings is 1. The lowest BCUT2D eigenvalue weighted by molar-refractivity contribution is 0.0475. The van der Waals surface area contributed by atoms with Crippen molar-refractivity contribution in [1.82, 2.24) is 20.2 Å². The molecule has 0 N–H and O–H groups in total. The van der Waals surface area contributed by atoms with Crippen molar-refractivity contribution in [3.63, 3.8) is 0 Å². The van der Waals surface area contributed by atoms with Gasteiger partial charge in [0.2, 0.25) is 0 Å². The monoisotopic (exact) mass is 376 g/mol. The molecule has 3 aromatic rings. The van der Waals surface area contributed by atoms with Gasteiger partial charge in [-0.3, -0.25) is 4.79 Å². The Balaban J connectivity index is 1.62. The van der Waals surface area contributed by atoms with Crippen molar-refractivity contribution >= 4 is 35.0 Å². The van der Waals surface area contributed by atoms with E-state index < -0.39 is 12.6 Å². The number of carbonyl (C=O) groups excluding carboxylic acids is 2. The molecule has 126 valence electrons. The van der Waals surface area contributed by atoms with Crippen LogP contribution in [0.5, 0.6) is 0 Å². The van der Waals surface area contributed by atoms with Gasteiger partial charge in [-0.2, -0.15) is 0 Å². The third kappa shape index (κ3) is 4.01. The summed E-state index contributed by atoms with van der Waals surface area (Å²) in [5.41, 5.74) is 1.31. The van der Waals surface area contributed by atoms with E-state index in [-0.39, 0.29) is 10.8 Å². The maximum absolute atomic E-state index is 12.0. The summed E-state index contributed by atoms with van der Waals surface area (Å²) in [6.07, 6.45) is 1.43. The second-order valence-electron chi connectivity index (χ2n) is 4.93. The predicted octanol–water partition coefficient (Wildman–Crippen LogP) is 3.01. The van der Waals surface area contributed by atoms with Crippen LogP contribution in [-0.4, -0.2) is 38.6 Å². The first-order valence-electron chi connectivity index (χ1n) is 7.03. The quantitative estimate of drug-likeness (QED) is 0.502. The molecule has 0 atom stereocenters. The summed E-state index contributed by atoms with van der Waals surface area (Å²) in [6.45, 7) is -0.397. The van der Waals surface area contributed by atoms with Crippen molar-refractivity contribution in [3.05, 3.63) is 70.0 Å². The van der Waals surface area contributed by atoms with Gasteiger partial charge in [0.15, 0.2) is 12.4 Å². The van der Waals surface area contributed by atoms with Crippen LogP contribution in [-0.2, 0) is 4.74 Å². The second-order valence-corrected chi connectivity index (χ2v) is 5.74. The molecule has 0 saturated carbocycles. The minimum absolute atomic E-state index is 0.261. The Hall–Kier alpha value is -2.77. The van der Waals surface area contributed by atoms with Gasteiger partial charge in [0.25, 0.3) is 0 Å². The minimum atomic E-state index is -0.614. The molecule has 0 spiro atoms. The highest BCUT2D eigenvalue weighted by Gasteiger charge is 2.13. The molecule has 9 heteroatoms. The molecule has 0 aliphatic carbocycles. The molecule has 7 nitrogen and oxygen atoms in total. The number of ketones is 1. The van der Waals surface area contributed by atoms with Crippen molar-refractivity contribution < 1.29 is 14.3 Å². The van der Waals surface area contributed by atoms with Crippen LogP contribution < -0.4 is 0 Å². The Kier molecular flexibility index (Phi) is 5.06. The fourth-order valence-electron chi connectivity index (χ4n) is 2.00. The fourth-order valence-corrected chi connectivity index (χ4v) is 2.30. The maximum atomic E-state index is 12.0. The smallest absolute Gasteiger partial charge is 0.338 e. The van der Waals surface area contributed by atoms with E-state index in [0.29, 0.717) is 21.8 Å². The van der Waals surface area contributed by atoms with E-state index in [4.69, 9.17) is 27.9 Å². The van der Waals surface area contributed by atoms with Gasteiger partial charge in [0.05, 0.1) is 21.3 Å². The third-order valence-electron chi connectivity index (χ3n) is 3.29. The topological polar surface area (TPSA) is 87.0 Å². The number of Topliss-reactive ketones (excluding diaryl/α,β-unsaturated/α-hetero) is 1. The van der Waals surface area contributed by atoms with Crippen molar-refractivity contribution in [2.45, 2.75) is 0 Å². The first-order valence-corrected chi connectivity index (χ1v) is 7.79. The average Bonchev–Trinajstić information content (AvgIpc) is 3.16. The normalized spacial score (nSPS) is 10.5. The van der Waals surface area contributed by atoms with Crippen LogP contribution in [0.2, 0.25) is 10.0 Å². The van der Waals surface area contributed by atoms with Gasteiger partial charge in [-0.05, 0) is 52.9 Å². The number of aromatic nitrogens is 4. The van der Waals surface area contributed by atoms with E-state index in [0.717, 1.165) is 0 Å². The number of nitrogens with zero attached hydrogens (tertiary/aromatic N) is 4. The van der Waals surface area contributed by atoms with E-state index in [9.17, 15) is 9.59 Å². The van der Waals surface area contributed by atoms with Crippen molar-refractivity contribution in [3.8, 4) is 5.69 Å². The van der Waals surface area contributed by atoms with Gasteiger partial charge in [0, 0.05) is 5.56 Å². The summed E-state index contributed by atoms with van der Waals surface area (Å²) in [4.78, 5) is 24.1. The SMILES string of the molecule is O=C(COC(=O)c1ccc(-n2cnnn2)cc1)c1ccc(Cl)c(Cl)c1. The molecule has 25 heavy (non-hydrogen) atoms. The zero-order chi connectivity index (χ0) is 17.8. The van der Waals surface area contributed by atoms with Gasteiger partial charge >= 0.3 is 5.97 Å². The largest absolute Gasteiger partial charge is 0.454 e. The fraction of sp³-hybridized carbons (Fsp3) is 0.0625. The molecule has 0 fully saturated rings. The van der Waals surface area contributed by atoms with Gasteiger partial charge in [-0.15, -0.1) is 5.10 Å². The Labute approximate surface area is 152 Å². The van der Waals surface area contributed by atoms with Crippen LogP contribution in [0, 0.1) is 0 Å². The predicted molar refractivity (Wildman–Crippen MR) is 90.2 cm³/mol. The molecule has 0 radical (unpaired) electrons. The maximum Gasteiger partial charge on any atom is 0.338 e. The van der Waals surface area contributed by atoms with Gasteiger partial charge in [0.1, 0.15) is 6.33 Å². The summed E-state index contributed by atoms with van der Waals surface area (Å²) in [5.74, 6) is -0.992. The van der Waals surface area contributed by atoms with Crippen molar-refractivity contribution in [2.24, 2.45) is 0 Å². The van der Waals surface area contributed by atoms with E-state index in [1.165, 1.54) is 29.2 Å². The van der Waals surface area contributed by atoms with Crippen molar-refractivity contribution in [2.75, 3.05) is 6.61 Å². The summed E-state index contributed by atoms with van der Waals surface area (Å²) in [6, 6.07) is 10.9. The average molecular weight is 377 g/mol. The first-order chi connectivity index (χ1) is 12.0. The van der Waals surface area contributed by atoms with Crippen LogP contribution in [0.1, 0.15) is 20.7 Å². The Morgan fingerprint density at radius 2 is 1.72 bits per heavy atom. The summed E-state index contributed by atoms with van der Waals surface area (Å²) in [5, 5.41) is 11.4. The van der Waals surface area contributed by atoms with E-state index in [1.807, 2.05) is 0 Å². The molecule has 0 bridgehead atoms. The Bertz CT molecular complexity index is 912. The lowest BCUT2D eigenvalue weighted by Gasteiger charge is -2.06. The van der Waals surface area contributed by atoms with Crippen LogP contribution in [0.15, 0.2) is 48.8 Å². The first kappa shape index (κ1) is 17.1. The van der Waals surface area contributed by atoms with Crippen LogP contribution in [0.3, 0.4) is 0 Å².